The Kier molecular flexibility index (Phi) is 4.63. The summed E-state index contributed by atoms with van der Waals surface area (Å²) in [5.74, 6) is -0.383. The van der Waals surface area contributed by atoms with Gasteiger partial charge in [0.05, 0.1) is 0 Å². The van der Waals surface area contributed by atoms with E-state index in [-0.39, 0.29) is 5.91 Å². The molecular formula is C16H24N2O3S. The molecule has 0 unspecified atom stereocenters. The molecule has 1 aliphatic heterocycles. The molecule has 1 aliphatic rings. The summed E-state index contributed by atoms with van der Waals surface area (Å²) in [7, 11) is -0.481. The van der Waals surface area contributed by atoms with Crippen LogP contribution in [0.15, 0.2) is 12.1 Å². The highest BCUT2D eigenvalue weighted by atomic mass is 32.2. The number of hydrogen-bond donors (Lipinski definition) is 0. The molecule has 1 amide bonds. The highest BCUT2D eigenvalue weighted by molar-refractivity contribution is 7.90. The minimum Gasteiger partial charge on any atom is -0.348 e. The predicted octanol–water partition coefficient (Wildman–Crippen LogP) is 1.47. The zero-order valence-electron chi connectivity index (χ0n) is 13.9. The van der Waals surface area contributed by atoms with E-state index in [2.05, 4.69) is 12.1 Å². The van der Waals surface area contributed by atoms with Crippen LogP contribution in [0.3, 0.4) is 0 Å². The van der Waals surface area contributed by atoms with Gasteiger partial charge in [-0.25, -0.2) is 8.42 Å². The fourth-order valence-electron chi connectivity index (χ4n) is 2.97. The van der Waals surface area contributed by atoms with Crippen molar-refractivity contribution in [1.82, 2.24) is 9.21 Å². The van der Waals surface area contributed by atoms with Gasteiger partial charge in [0, 0.05) is 27.2 Å². The summed E-state index contributed by atoms with van der Waals surface area (Å²) < 4.78 is 26.8. The van der Waals surface area contributed by atoms with Crippen molar-refractivity contribution in [3.8, 4) is 0 Å². The van der Waals surface area contributed by atoms with Crippen molar-refractivity contribution in [2.45, 2.75) is 39.0 Å². The minimum atomic E-state index is -3.63. The molecule has 1 aromatic carbocycles. The number of nitrogens with zero attached hydrogens (tertiary/aromatic N) is 2. The lowest BCUT2D eigenvalue weighted by Crippen LogP contribution is -2.46. The van der Waals surface area contributed by atoms with E-state index in [1.165, 1.54) is 27.3 Å². The Morgan fingerprint density at radius 3 is 2.50 bits per heavy atom. The molecule has 0 saturated heterocycles. The Labute approximate surface area is 133 Å². The minimum absolute atomic E-state index is 0.356. The molecule has 0 aliphatic carbocycles. The van der Waals surface area contributed by atoms with E-state index in [0.29, 0.717) is 19.5 Å². The van der Waals surface area contributed by atoms with Crippen molar-refractivity contribution in [3.05, 3.63) is 34.4 Å². The van der Waals surface area contributed by atoms with E-state index in [9.17, 15) is 13.2 Å². The second-order valence-corrected chi connectivity index (χ2v) is 8.48. The van der Waals surface area contributed by atoms with Gasteiger partial charge < -0.3 is 4.90 Å². The zero-order chi connectivity index (χ0) is 16.7. The van der Waals surface area contributed by atoms with Crippen molar-refractivity contribution < 1.29 is 13.2 Å². The number of carbonyl (C=O) groups is 1. The van der Waals surface area contributed by atoms with Gasteiger partial charge in [-0.3, -0.25) is 4.79 Å². The number of hydrogen-bond acceptors (Lipinski definition) is 3. The van der Waals surface area contributed by atoms with Gasteiger partial charge in [0.1, 0.15) is 0 Å². The van der Waals surface area contributed by atoms with E-state index in [4.69, 9.17) is 0 Å². The largest absolute Gasteiger partial charge is 0.348 e. The van der Waals surface area contributed by atoms with Crippen LogP contribution in [-0.2, 0) is 27.8 Å². The van der Waals surface area contributed by atoms with Crippen LogP contribution < -0.4 is 0 Å². The molecule has 22 heavy (non-hydrogen) atoms. The lowest BCUT2D eigenvalue weighted by molar-refractivity contribution is -0.128. The second kappa shape index (κ2) is 6.01. The topological polar surface area (TPSA) is 57.7 Å². The van der Waals surface area contributed by atoms with Crippen LogP contribution in [0.4, 0.5) is 0 Å². The third-order valence-corrected chi connectivity index (χ3v) is 6.40. The van der Waals surface area contributed by atoms with Crippen molar-refractivity contribution in [3.63, 3.8) is 0 Å². The van der Waals surface area contributed by atoms with Gasteiger partial charge >= 0.3 is 0 Å². The monoisotopic (exact) mass is 324 g/mol. The molecule has 5 nitrogen and oxygen atoms in total. The molecule has 0 N–H and O–H groups in total. The standard InChI is InChI=1S/C16H24N2O3S/c1-11-8-12(2)15-10-18(7-6-14(15)9-11)22(20,21)13(3)16(19)17(4)5/h8-9,13H,6-7,10H2,1-5H3/t13-/m1/s1. The summed E-state index contributed by atoms with van der Waals surface area (Å²) >= 11 is 0. The van der Waals surface area contributed by atoms with E-state index < -0.39 is 15.3 Å². The number of fused-ring (bicyclic) bond motifs is 1. The molecule has 0 radical (unpaired) electrons. The van der Waals surface area contributed by atoms with Crippen LogP contribution >= 0.6 is 0 Å². The summed E-state index contributed by atoms with van der Waals surface area (Å²) in [6, 6.07) is 4.20. The number of rotatable bonds is 3. The van der Waals surface area contributed by atoms with Crippen molar-refractivity contribution in [2.24, 2.45) is 0 Å². The number of aryl methyl sites for hydroxylation is 2. The predicted molar refractivity (Wildman–Crippen MR) is 87.1 cm³/mol. The van der Waals surface area contributed by atoms with Gasteiger partial charge in [-0.2, -0.15) is 4.31 Å². The van der Waals surface area contributed by atoms with Crippen molar-refractivity contribution >= 4 is 15.9 Å². The van der Waals surface area contributed by atoms with E-state index >= 15 is 0 Å². The lowest BCUT2D eigenvalue weighted by atomic mass is 9.94. The first-order valence-corrected chi connectivity index (χ1v) is 8.94. The molecule has 122 valence electrons. The maximum absolute atomic E-state index is 12.7. The maximum atomic E-state index is 12.7. The Morgan fingerprint density at radius 1 is 1.27 bits per heavy atom. The van der Waals surface area contributed by atoms with Crippen molar-refractivity contribution in [2.75, 3.05) is 20.6 Å². The summed E-state index contributed by atoms with van der Waals surface area (Å²) in [5, 5.41) is -1.05. The van der Waals surface area contributed by atoms with Crippen molar-refractivity contribution in [1.29, 1.82) is 0 Å². The van der Waals surface area contributed by atoms with Gasteiger partial charge in [-0.1, -0.05) is 17.7 Å². The van der Waals surface area contributed by atoms with Gasteiger partial charge in [-0.05, 0) is 43.9 Å². The van der Waals surface area contributed by atoms with E-state index in [0.717, 1.165) is 11.1 Å². The number of carbonyl (C=O) groups excluding carboxylic acids is 1. The first kappa shape index (κ1) is 17.0. The summed E-state index contributed by atoms with van der Waals surface area (Å²) in [6.45, 7) is 6.32. The zero-order valence-corrected chi connectivity index (χ0v) is 14.7. The summed E-state index contributed by atoms with van der Waals surface area (Å²) in [5.41, 5.74) is 4.60. The molecule has 0 spiro atoms. The molecule has 0 saturated carbocycles. The highest BCUT2D eigenvalue weighted by Crippen LogP contribution is 2.27. The quantitative estimate of drug-likeness (QED) is 0.846. The molecule has 0 bridgehead atoms. The molecule has 6 heteroatoms. The molecule has 0 aromatic heterocycles. The van der Waals surface area contributed by atoms with Gasteiger partial charge in [-0.15, -0.1) is 0 Å². The first-order chi connectivity index (χ1) is 10.1. The average molecular weight is 324 g/mol. The maximum Gasteiger partial charge on any atom is 0.241 e. The van der Waals surface area contributed by atoms with Crippen LogP contribution in [0.5, 0.6) is 0 Å². The third-order valence-electron chi connectivity index (χ3n) is 4.27. The van der Waals surface area contributed by atoms with Crippen LogP contribution in [0, 0.1) is 13.8 Å². The van der Waals surface area contributed by atoms with Gasteiger partial charge in [0.2, 0.25) is 15.9 Å². The number of sulfonamides is 1. The number of benzene rings is 1. The molecule has 1 atom stereocenters. The molecular weight excluding hydrogens is 300 g/mol. The average Bonchev–Trinajstić information content (AvgIpc) is 2.44. The molecule has 0 fully saturated rings. The van der Waals surface area contributed by atoms with Gasteiger partial charge in [0.25, 0.3) is 0 Å². The molecule has 1 heterocycles. The van der Waals surface area contributed by atoms with Gasteiger partial charge in [0.15, 0.2) is 5.25 Å². The first-order valence-electron chi connectivity index (χ1n) is 7.43. The fraction of sp³-hybridized carbons (Fsp3) is 0.562. The Morgan fingerprint density at radius 2 is 1.91 bits per heavy atom. The smallest absolute Gasteiger partial charge is 0.241 e. The van der Waals surface area contributed by atoms with E-state index in [1.807, 2.05) is 13.8 Å². The molecule has 1 aromatic rings. The van der Waals surface area contributed by atoms with Crippen LogP contribution in [0.25, 0.3) is 0 Å². The van der Waals surface area contributed by atoms with Crippen LogP contribution in [0.1, 0.15) is 29.2 Å². The van der Waals surface area contributed by atoms with Crippen LogP contribution in [-0.4, -0.2) is 49.4 Å². The Hall–Kier alpha value is -1.40. The molecule has 2 rings (SSSR count). The fourth-order valence-corrected chi connectivity index (χ4v) is 4.53. The SMILES string of the molecule is Cc1cc(C)c2c(c1)CCN(S(=O)(=O)[C@H](C)C(=O)N(C)C)C2. The Balaban J connectivity index is 2.30. The number of amides is 1. The van der Waals surface area contributed by atoms with E-state index in [1.54, 1.807) is 14.1 Å². The summed E-state index contributed by atoms with van der Waals surface area (Å²) in [4.78, 5) is 13.3. The third kappa shape index (κ3) is 3.03. The lowest BCUT2D eigenvalue weighted by Gasteiger charge is -2.31. The normalized spacial score (nSPS) is 17.0. The summed E-state index contributed by atoms with van der Waals surface area (Å²) in [6.07, 6.45) is 0.694. The second-order valence-electron chi connectivity index (χ2n) is 6.22. The Bertz CT molecular complexity index is 696. The van der Waals surface area contributed by atoms with Crippen LogP contribution in [0.2, 0.25) is 0 Å². The highest BCUT2D eigenvalue weighted by Gasteiger charge is 2.36.